The first-order valence-electron chi connectivity index (χ1n) is 3.85. The number of carbonyl (C=O) groups excluding carboxylic acids is 1. The Balaban J connectivity index is 2.86. The van der Waals surface area contributed by atoms with Crippen LogP contribution in [-0.2, 0) is 0 Å². The molecule has 0 atom stereocenters. The van der Waals surface area contributed by atoms with Crippen LogP contribution in [0.25, 0.3) is 0 Å². The number of hydrogen-bond donors (Lipinski definition) is 0. The van der Waals surface area contributed by atoms with Gasteiger partial charge in [0, 0.05) is 4.88 Å². The average molecular weight is 180 g/mol. The summed E-state index contributed by atoms with van der Waals surface area (Å²) >= 11 is 1.54. The zero-order valence-electron chi connectivity index (χ0n) is 7.55. The van der Waals surface area contributed by atoms with Crippen molar-refractivity contribution in [3.05, 3.63) is 33.5 Å². The van der Waals surface area contributed by atoms with E-state index in [1.54, 1.807) is 17.4 Å². The minimum Gasteiger partial charge on any atom is -0.288 e. The van der Waals surface area contributed by atoms with Gasteiger partial charge in [0.25, 0.3) is 0 Å². The Bertz CT molecular complexity index is 316. The van der Waals surface area contributed by atoms with Gasteiger partial charge in [-0.15, -0.1) is 11.3 Å². The van der Waals surface area contributed by atoms with Gasteiger partial charge in [-0.2, -0.15) is 0 Å². The molecule has 1 aromatic heterocycles. The maximum atomic E-state index is 11.4. The monoisotopic (exact) mass is 180 g/mol. The standard InChI is InChI=1S/C10H12OS/c1-7(2)6-9(11)10-5-4-8(3)12-10/h4-6H,1-3H3. The van der Waals surface area contributed by atoms with Crippen LogP contribution < -0.4 is 0 Å². The summed E-state index contributed by atoms with van der Waals surface area (Å²) in [6, 6.07) is 3.85. The van der Waals surface area contributed by atoms with Gasteiger partial charge in [-0.1, -0.05) is 5.57 Å². The molecule has 0 saturated heterocycles. The lowest BCUT2D eigenvalue weighted by molar-refractivity contribution is 0.105. The lowest BCUT2D eigenvalue weighted by atomic mass is 10.2. The molecule has 0 aliphatic carbocycles. The van der Waals surface area contributed by atoms with E-state index in [4.69, 9.17) is 0 Å². The third kappa shape index (κ3) is 2.31. The molecule has 12 heavy (non-hydrogen) atoms. The Morgan fingerprint density at radius 1 is 1.42 bits per heavy atom. The second kappa shape index (κ2) is 3.68. The second-order valence-electron chi connectivity index (χ2n) is 3.00. The number of thiophene rings is 1. The molecule has 1 nitrogen and oxygen atoms in total. The molecule has 0 N–H and O–H groups in total. The highest BCUT2D eigenvalue weighted by Gasteiger charge is 2.03. The van der Waals surface area contributed by atoms with Crippen molar-refractivity contribution >= 4 is 17.1 Å². The van der Waals surface area contributed by atoms with E-state index in [2.05, 4.69) is 0 Å². The fourth-order valence-electron chi connectivity index (χ4n) is 0.900. The molecule has 64 valence electrons. The molecule has 0 aromatic carbocycles. The smallest absolute Gasteiger partial charge is 0.195 e. The number of hydrogen-bond acceptors (Lipinski definition) is 2. The summed E-state index contributed by atoms with van der Waals surface area (Å²) in [5.41, 5.74) is 1.05. The minimum absolute atomic E-state index is 0.119. The van der Waals surface area contributed by atoms with Crippen molar-refractivity contribution < 1.29 is 4.79 Å². The molecule has 0 amide bonds. The summed E-state index contributed by atoms with van der Waals surface area (Å²) in [6.07, 6.45) is 1.67. The Labute approximate surface area is 76.7 Å². The van der Waals surface area contributed by atoms with Crippen LogP contribution in [0.3, 0.4) is 0 Å². The van der Waals surface area contributed by atoms with Gasteiger partial charge >= 0.3 is 0 Å². The summed E-state index contributed by atoms with van der Waals surface area (Å²) < 4.78 is 0. The number of carbonyl (C=O) groups is 1. The normalized spacial score (nSPS) is 9.58. The van der Waals surface area contributed by atoms with E-state index in [1.807, 2.05) is 32.9 Å². The van der Waals surface area contributed by atoms with Crippen LogP contribution in [0.1, 0.15) is 28.4 Å². The summed E-state index contributed by atoms with van der Waals surface area (Å²) in [5, 5.41) is 0. The van der Waals surface area contributed by atoms with E-state index in [0.29, 0.717) is 0 Å². The summed E-state index contributed by atoms with van der Waals surface area (Å²) in [4.78, 5) is 13.4. The molecular formula is C10H12OS. The SMILES string of the molecule is CC(C)=CC(=O)c1ccc(C)s1. The first-order valence-corrected chi connectivity index (χ1v) is 4.67. The van der Waals surface area contributed by atoms with E-state index in [9.17, 15) is 4.79 Å². The van der Waals surface area contributed by atoms with Crippen LogP contribution >= 0.6 is 11.3 Å². The summed E-state index contributed by atoms with van der Waals surface area (Å²) in [7, 11) is 0. The molecule has 0 bridgehead atoms. The van der Waals surface area contributed by atoms with Crippen molar-refractivity contribution in [1.29, 1.82) is 0 Å². The molecule has 1 rings (SSSR count). The van der Waals surface area contributed by atoms with E-state index < -0.39 is 0 Å². The van der Waals surface area contributed by atoms with Gasteiger partial charge < -0.3 is 0 Å². The van der Waals surface area contributed by atoms with Crippen LogP contribution in [0.2, 0.25) is 0 Å². The largest absolute Gasteiger partial charge is 0.288 e. The van der Waals surface area contributed by atoms with E-state index in [1.165, 1.54) is 4.88 Å². The highest BCUT2D eigenvalue weighted by atomic mass is 32.1. The predicted octanol–water partition coefficient (Wildman–Crippen LogP) is 3.21. The topological polar surface area (TPSA) is 17.1 Å². The first-order chi connectivity index (χ1) is 5.59. The maximum absolute atomic E-state index is 11.4. The minimum atomic E-state index is 0.119. The van der Waals surface area contributed by atoms with Crippen molar-refractivity contribution in [3.63, 3.8) is 0 Å². The predicted molar refractivity (Wildman–Crippen MR) is 52.8 cm³/mol. The van der Waals surface area contributed by atoms with Crippen molar-refractivity contribution in [3.8, 4) is 0 Å². The van der Waals surface area contributed by atoms with Crippen LogP contribution in [0.5, 0.6) is 0 Å². The van der Waals surface area contributed by atoms with Gasteiger partial charge in [0.05, 0.1) is 4.88 Å². The van der Waals surface area contributed by atoms with E-state index >= 15 is 0 Å². The summed E-state index contributed by atoms with van der Waals surface area (Å²) in [6.45, 7) is 5.86. The molecule has 0 aliphatic rings. The molecule has 0 spiro atoms. The van der Waals surface area contributed by atoms with E-state index in [0.717, 1.165) is 10.5 Å². The quantitative estimate of drug-likeness (QED) is 0.504. The van der Waals surface area contributed by atoms with Crippen LogP contribution in [0.4, 0.5) is 0 Å². The van der Waals surface area contributed by atoms with Gasteiger partial charge in [0.1, 0.15) is 0 Å². The molecule has 2 heteroatoms. The molecule has 0 radical (unpaired) electrons. The Morgan fingerprint density at radius 3 is 2.50 bits per heavy atom. The number of allylic oxidation sites excluding steroid dienone is 2. The highest BCUT2D eigenvalue weighted by Crippen LogP contribution is 2.16. The lowest BCUT2D eigenvalue weighted by Crippen LogP contribution is -1.89. The summed E-state index contributed by atoms with van der Waals surface area (Å²) in [5.74, 6) is 0.119. The Hall–Kier alpha value is -0.890. The molecule has 1 heterocycles. The van der Waals surface area contributed by atoms with Crippen LogP contribution in [0.15, 0.2) is 23.8 Å². The second-order valence-corrected chi connectivity index (χ2v) is 4.28. The van der Waals surface area contributed by atoms with Crippen molar-refractivity contribution in [2.75, 3.05) is 0 Å². The highest BCUT2D eigenvalue weighted by molar-refractivity contribution is 7.14. The fourth-order valence-corrected chi connectivity index (χ4v) is 1.68. The first kappa shape index (κ1) is 9.20. The van der Waals surface area contributed by atoms with E-state index in [-0.39, 0.29) is 5.78 Å². The molecule has 0 fully saturated rings. The molecule has 0 unspecified atom stereocenters. The average Bonchev–Trinajstić information content (AvgIpc) is 2.34. The number of ketones is 1. The Kier molecular flexibility index (Phi) is 2.82. The third-order valence-electron chi connectivity index (χ3n) is 1.40. The Morgan fingerprint density at radius 2 is 2.08 bits per heavy atom. The maximum Gasteiger partial charge on any atom is 0.195 e. The van der Waals surface area contributed by atoms with Gasteiger partial charge in [0.15, 0.2) is 5.78 Å². The van der Waals surface area contributed by atoms with Crippen LogP contribution in [-0.4, -0.2) is 5.78 Å². The molecule has 1 aromatic rings. The lowest BCUT2D eigenvalue weighted by Gasteiger charge is -1.89. The third-order valence-corrected chi connectivity index (χ3v) is 2.42. The molecular weight excluding hydrogens is 168 g/mol. The molecule has 0 saturated carbocycles. The number of aryl methyl sites for hydroxylation is 1. The van der Waals surface area contributed by atoms with Gasteiger partial charge in [-0.05, 0) is 39.0 Å². The van der Waals surface area contributed by atoms with Gasteiger partial charge in [-0.3, -0.25) is 4.79 Å². The van der Waals surface area contributed by atoms with Crippen LogP contribution in [0, 0.1) is 6.92 Å². The van der Waals surface area contributed by atoms with Crippen molar-refractivity contribution in [1.82, 2.24) is 0 Å². The molecule has 0 aliphatic heterocycles. The zero-order valence-corrected chi connectivity index (χ0v) is 8.37. The number of rotatable bonds is 2. The van der Waals surface area contributed by atoms with Crippen molar-refractivity contribution in [2.45, 2.75) is 20.8 Å². The van der Waals surface area contributed by atoms with Crippen molar-refractivity contribution in [2.24, 2.45) is 0 Å². The fraction of sp³-hybridized carbons (Fsp3) is 0.300. The van der Waals surface area contributed by atoms with Gasteiger partial charge in [0.2, 0.25) is 0 Å². The van der Waals surface area contributed by atoms with Gasteiger partial charge in [-0.25, -0.2) is 0 Å². The zero-order chi connectivity index (χ0) is 9.14.